The van der Waals surface area contributed by atoms with Crippen LogP contribution in [0, 0.1) is 0 Å². The second-order valence-electron chi connectivity index (χ2n) is 6.34. The maximum atomic E-state index is 12.8. The van der Waals surface area contributed by atoms with Gasteiger partial charge in [-0.25, -0.2) is 0 Å². The molecule has 3 aromatic carbocycles. The van der Waals surface area contributed by atoms with Gasteiger partial charge in [-0.3, -0.25) is 4.79 Å². The third-order valence-corrected chi connectivity index (χ3v) is 5.11. The molecule has 0 aliphatic carbocycles. The average molecular weight is 459 g/mol. The first kappa shape index (κ1) is 20.4. The van der Waals surface area contributed by atoms with E-state index in [1.54, 1.807) is 24.3 Å². The van der Waals surface area contributed by atoms with Crippen LogP contribution < -0.4 is 10.1 Å². The normalized spacial score (nSPS) is 11.7. The van der Waals surface area contributed by atoms with Crippen molar-refractivity contribution in [2.24, 2.45) is 0 Å². The average Bonchev–Trinajstić information content (AvgIpc) is 2.70. The van der Waals surface area contributed by atoms with Crippen molar-refractivity contribution in [2.75, 3.05) is 11.9 Å². The molecule has 0 aromatic heterocycles. The van der Waals surface area contributed by atoms with E-state index < -0.39 is 0 Å². The Hall–Kier alpha value is -2.30. The van der Waals surface area contributed by atoms with Crippen molar-refractivity contribution in [3.63, 3.8) is 0 Å². The van der Waals surface area contributed by atoms with Crippen LogP contribution in [0.3, 0.4) is 0 Å². The molecular formula is C23H21BrClNO2. The Labute approximate surface area is 178 Å². The Kier molecular flexibility index (Phi) is 7.12. The van der Waals surface area contributed by atoms with Gasteiger partial charge in [0.25, 0.3) is 0 Å². The Morgan fingerprint density at radius 2 is 1.64 bits per heavy atom. The standard InChI is InChI=1S/C23H21BrClNO2/c1-2-28-21-13-11-20(12-14-21)26-22(16-3-7-18(24)8-4-16)15-23(27)17-5-9-19(25)10-6-17/h3-14,22,26H,2,15H2,1H3. The van der Waals surface area contributed by atoms with Crippen LogP contribution in [0.2, 0.25) is 5.02 Å². The highest BCUT2D eigenvalue weighted by molar-refractivity contribution is 9.10. The summed E-state index contributed by atoms with van der Waals surface area (Å²) in [5, 5.41) is 4.10. The van der Waals surface area contributed by atoms with Gasteiger partial charge < -0.3 is 10.1 Å². The minimum Gasteiger partial charge on any atom is -0.494 e. The van der Waals surface area contributed by atoms with Gasteiger partial charge >= 0.3 is 0 Å². The molecule has 0 aliphatic heterocycles. The summed E-state index contributed by atoms with van der Waals surface area (Å²) in [4.78, 5) is 12.8. The first-order valence-electron chi connectivity index (χ1n) is 9.09. The number of carbonyl (C=O) groups excluding carboxylic acids is 1. The van der Waals surface area contributed by atoms with Gasteiger partial charge in [-0.15, -0.1) is 0 Å². The summed E-state index contributed by atoms with van der Waals surface area (Å²) in [6.45, 7) is 2.59. The molecule has 0 saturated carbocycles. The second kappa shape index (κ2) is 9.76. The number of benzene rings is 3. The van der Waals surface area contributed by atoms with Gasteiger partial charge in [0, 0.05) is 27.2 Å². The van der Waals surface area contributed by atoms with E-state index in [0.717, 1.165) is 21.5 Å². The molecule has 0 saturated heterocycles. The van der Waals surface area contributed by atoms with E-state index in [9.17, 15) is 4.79 Å². The lowest BCUT2D eigenvalue weighted by Gasteiger charge is -2.20. The Morgan fingerprint density at radius 1 is 1.00 bits per heavy atom. The summed E-state index contributed by atoms with van der Waals surface area (Å²) in [6.07, 6.45) is 0.330. The van der Waals surface area contributed by atoms with E-state index in [-0.39, 0.29) is 11.8 Å². The number of nitrogens with one attached hydrogen (secondary N) is 1. The summed E-state index contributed by atoms with van der Waals surface area (Å²) in [7, 11) is 0. The van der Waals surface area contributed by atoms with Crippen LogP contribution in [-0.4, -0.2) is 12.4 Å². The molecular weight excluding hydrogens is 438 g/mol. The fraction of sp³-hybridized carbons (Fsp3) is 0.174. The molecule has 3 nitrogen and oxygen atoms in total. The van der Waals surface area contributed by atoms with E-state index in [1.165, 1.54) is 0 Å². The summed E-state index contributed by atoms with van der Waals surface area (Å²) < 4.78 is 6.50. The molecule has 0 radical (unpaired) electrons. The van der Waals surface area contributed by atoms with Crippen LogP contribution in [0.1, 0.15) is 35.3 Å². The van der Waals surface area contributed by atoms with E-state index in [0.29, 0.717) is 23.6 Å². The van der Waals surface area contributed by atoms with Crippen LogP contribution in [0.15, 0.2) is 77.3 Å². The monoisotopic (exact) mass is 457 g/mol. The van der Waals surface area contributed by atoms with Crippen molar-refractivity contribution in [2.45, 2.75) is 19.4 Å². The van der Waals surface area contributed by atoms with Crippen LogP contribution in [0.25, 0.3) is 0 Å². The molecule has 0 bridgehead atoms. The fourth-order valence-corrected chi connectivity index (χ4v) is 3.29. The smallest absolute Gasteiger partial charge is 0.165 e. The predicted molar refractivity (Wildman–Crippen MR) is 119 cm³/mol. The minimum atomic E-state index is -0.158. The SMILES string of the molecule is CCOc1ccc(NC(CC(=O)c2ccc(Cl)cc2)c2ccc(Br)cc2)cc1. The molecule has 5 heteroatoms. The number of Topliss-reactive ketones (excluding diaryl/α,β-unsaturated/α-hetero) is 1. The maximum Gasteiger partial charge on any atom is 0.165 e. The van der Waals surface area contributed by atoms with Gasteiger partial charge in [0.2, 0.25) is 0 Å². The van der Waals surface area contributed by atoms with Gasteiger partial charge in [0.15, 0.2) is 5.78 Å². The summed E-state index contributed by atoms with van der Waals surface area (Å²) >= 11 is 9.40. The molecule has 144 valence electrons. The highest BCUT2D eigenvalue weighted by atomic mass is 79.9. The maximum absolute atomic E-state index is 12.8. The largest absolute Gasteiger partial charge is 0.494 e. The molecule has 0 fully saturated rings. The Bertz CT molecular complexity index is 909. The summed E-state index contributed by atoms with van der Waals surface area (Å²) in [5.74, 6) is 0.883. The molecule has 1 atom stereocenters. The molecule has 0 aliphatic rings. The molecule has 3 rings (SSSR count). The molecule has 28 heavy (non-hydrogen) atoms. The van der Waals surface area contributed by atoms with Crippen molar-refractivity contribution in [3.05, 3.63) is 93.4 Å². The second-order valence-corrected chi connectivity index (χ2v) is 7.69. The zero-order valence-corrected chi connectivity index (χ0v) is 17.8. The number of anilines is 1. The quantitative estimate of drug-likeness (QED) is 0.372. The third kappa shape index (κ3) is 5.60. The zero-order valence-electron chi connectivity index (χ0n) is 15.5. The number of ketones is 1. The van der Waals surface area contributed by atoms with Crippen LogP contribution >= 0.6 is 27.5 Å². The zero-order chi connectivity index (χ0) is 19.9. The summed E-state index contributed by atoms with van der Waals surface area (Å²) in [6, 6.07) is 22.6. The van der Waals surface area contributed by atoms with E-state index in [1.807, 2.05) is 55.5 Å². The van der Waals surface area contributed by atoms with E-state index in [2.05, 4.69) is 21.2 Å². The van der Waals surface area contributed by atoms with E-state index >= 15 is 0 Å². The topological polar surface area (TPSA) is 38.3 Å². The number of hydrogen-bond acceptors (Lipinski definition) is 3. The highest BCUT2D eigenvalue weighted by Crippen LogP contribution is 2.27. The van der Waals surface area contributed by atoms with Crippen LogP contribution in [0.5, 0.6) is 5.75 Å². The van der Waals surface area contributed by atoms with Crippen molar-refractivity contribution in [1.29, 1.82) is 0 Å². The Balaban J connectivity index is 1.81. The lowest BCUT2D eigenvalue weighted by molar-refractivity contribution is 0.0976. The fourth-order valence-electron chi connectivity index (χ4n) is 2.90. The van der Waals surface area contributed by atoms with Crippen molar-refractivity contribution in [3.8, 4) is 5.75 Å². The number of ether oxygens (including phenoxy) is 1. The van der Waals surface area contributed by atoms with Gasteiger partial charge in [0.1, 0.15) is 5.75 Å². The predicted octanol–water partition coefficient (Wildman–Crippen LogP) is 6.93. The molecule has 1 N–H and O–H groups in total. The molecule has 0 heterocycles. The van der Waals surface area contributed by atoms with Crippen molar-refractivity contribution < 1.29 is 9.53 Å². The molecule has 3 aromatic rings. The van der Waals surface area contributed by atoms with Crippen LogP contribution in [-0.2, 0) is 0 Å². The highest BCUT2D eigenvalue weighted by Gasteiger charge is 2.17. The first-order valence-corrected chi connectivity index (χ1v) is 10.3. The van der Waals surface area contributed by atoms with Crippen molar-refractivity contribution >= 4 is 39.0 Å². The number of rotatable bonds is 8. The summed E-state index contributed by atoms with van der Waals surface area (Å²) in [5.41, 5.74) is 2.62. The molecule has 0 spiro atoms. The molecule has 0 amide bonds. The number of carbonyl (C=O) groups is 1. The molecule has 1 unspecified atom stereocenters. The Morgan fingerprint density at radius 3 is 2.25 bits per heavy atom. The van der Waals surface area contributed by atoms with Crippen LogP contribution in [0.4, 0.5) is 5.69 Å². The van der Waals surface area contributed by atoms with Crippen molar-refractivity contribution in [1.82, 2.24) is 0 Å². The number of halogens is 2. The number of hydrogen-bond donors (Lipinski definition) is 1. The van der Waals surface area contributed by atoms with E-state index in [4.69, 9.17) is 16.3 Å². The third-order valence-electron chi connectivity index (χ3n) is 4.33. The van der Waals surface area contributed by atoms with Gasteiger partial charge in [-0.1, -0.05) is 39.7 Å². The first-order chi connectivity index (χ1) is 13.5. The van der Waals surface area contributed by atoms with Gasteiger partial charge in [-0.2, -0.15) is 0 Å². The lowest BCUT2D eigenvalue weighted by atomic mass is 9.97. The van der Waals surface area contributed by atoms with Gasteiger partial charge in [0.05, 0.1) is 12.6 Å². The van der Waals surface area contributed by atoms with Gasteiger partial charge in [-0.05, 0) is 73.2 Å². The minimum absolute atomic E-state index is 0.0584. The lowest BCUT2D eigenvalue weighted by Crippen LogP contribution is -2.16.